The van der Waals surface area contributed by atoms with Gasteiger partial charge in [0.05, 0.1) is 15.8 Å². The van der Waals surface area contributed by atoms with Gasteiger partial charge in [0.25, 0.3) is 0 Å². The number of hydrogen-bond donors (Lipinski definition) is 0. The number of Topliss-reactive ketones (excluding diaryl/α,β-unsaturated/α-hetero) is 1. The maximum atomic E-state index is 11.5. The van der Waals surface area contributed by atoms with Gasteiger partial charge in [-0.1, -0.05) is 0 Å². The molecule has 0 atom stereocenters. The van der Waals surface area contributed by atoms with E-state index in [1.807, 2.05) is 30.3 Å². The van der Waals surface area contributed by atoms with Gasteiger partial charge in [0.15, 0.2) is 11.5 Å². The molecular formula is C15H10INO2S. The van der Waals surface area contributed by atoms with E-state index in [4.69, 9.17) is 4.74 Å². The zero-order valence-electron chi connectivity index (χ0n) is 10.6. The zero-order chi connectivity index (χ0) is 14.1. The Kier molecular flexibility index (Phi) is 3.71. The number of ether oxygens (including phenoxy) is 1. The minimum absolute atomic E-state index is 0.0615. The summed E-state index contributed by atoms with van der Waals surface area (Å²) in [4.78, 5) is 16.4. The quantitative estimate of drug-likeness (QED) is 0.468. The van der Waals surface area contributed by atoms with Gasteiger partial charge in [-0.25, -0.2) is 0 Å². The van der Waals surface area contributed by atoms with E-state index in [2.05, 4.69) is 27.6 Å². The highest BCUT2D eigenvalue weighted by Gasteiger charge is 2.11. The second kappa shape index (κ2) is 5.49. The number of carbonyl (C=O) groups excluding carboxylic acids is 1. The van der Waals surface area contributed by atoms with Crippen LogP contribution in [0.5, 0.6) is 11.5 Å². The highest BCUT2D eigenvalue weighted by molar-refractivity contribution is 14.1. The smallest absolute Gasteiger partial charge is 0.169 e. The Balaban J connectivity index is 2.02. The first kappa shape index (κ1) is 13.5. The Hall–Kier alpha value is -1.47. The highest BCUT2D eigenvalue weighted by atomic mass is 127. The standard InChI is InChI=1S/C15H10INO2S/c1-9(18)14-6-12-13(7-17-8-15(12)20-14)19-11-4-2-10(16)3-5-11/h2-8H,1H3. The van der Waals surface area contributed by atoms with Crippen molar-refractivity contribution in [2.45, 2.75) is 6.92 Å². The molecule has 0 fully saturated rings. The molecule has 0 amide bonds. The Morgan fingerprint density at radius 2 is 2.00 bits per heavy atom. The minimum atomic E-state index is 0.0615. The van der Waals surface area contributed by atoms with E-state index in [1.54, 1.807) is 19.3 Å². The van der Waals surface area contributed by atoms with Crippen LogP contribution >= 0.6 is 33.9 Å². The van der Waals surface area contributed by atoms with Gasteiger partial charge in [0, 0.05) is 15.2 Å². The molecule has 2 aromatic heterocycles. The number of ketones is 1. The summed E-state index contributed by atoms with van der Waals surface area (Å²) in [6.45, 7) is 1.57. The van der Waals surface area contributed by atoms with Crippen molar-refractivity contribution in [3.63, 3.8) is 0 Å². The van der Waals surface area contributed by atoms with E-state index < -0.39 is 0 Å². The Morgan fingerprint density at radius 1 is 1.25 bits per heavy atom. The summed E-state index contributed by atoms with van der Waals surface area (Å²) >= 11 is 3.69. The van der Waals surface area contributed by atoms with Crippen LogP contribution in [0.3, 0.4) is 0 Å². The molecule has 0 aliphatic carbocycles. The van der Waals surface area contributed by atoms with Crippen molar-refractivity contribution >= 4 is 49.8 Å². The molecule has 0 spiro atoms. The Bertz CT molecular complexity index is 780. The molecule has 0 N–H and O–H groups in total. The molecular weight excluding hydrogens is 385 g/mol. The molecule has 3 nitrogen and oxygen atoms in total. The molecule has 20 heavy (non-hydrogen) atoms. The van der Waals surface area contributed by atoms with Crippen molar-refractivity contribution in [2.75, 3.05) is 0 Å². The third-order valence-electron chi connectivity index (χ3n) is 2.80. The summed E-state index contributed by atoms with van der Waals surface area (Å²) < 4.78 is 7.98. The molecule has 3 aromatic rings. The number of rotatable bonds is 3. The second-order valence-electron chi connectivity index (χ2n) is 4.27. The molecule has 0 radical (unpaired) electrons. The van der Waals surface area contributed by atoms with Crippen LogP contribution in [0.15, 0.2) is 42.7 Å². The number of benzene rings is 1. The molecule has 0 aliphatic rings. The summed E-state index contributed by atoms with van der Waals surface area (Å²) in [7, 11) is 0. The van der Waals surface area contributed by atoms with Gasteiger partial charge in [-0.15, -0.1) is 11.3 Å². The fourth-order valence-corrected chi connectivity index (χ4v) is 3.12. The highest BCUT2D eigenvalue weighted by Crippen LogP contribution is 2.34. The number of aromatic nitrogens is 1. The maximum Gasteiger partial charge on any atom is 0.169 e. The average Bonchev–Trinajstić information content (AvgIpc) is 2.87. The van der Waals surface area contributed by atoms with Crippen molar-refractivity contribution in [3.05, 3.63) is 51.2 Å². The van der Waals surface area contributed by atoms with E-state index in [1.165, 1.54) is 11.3 Å². The molecule has 0 bridgehead atoms. The van der Waals surface area contributed by atoms with Gasteiger partial charge in [-0.2, -0.15) is 0 Å². The van der Waals surface area contributed by atoms with E-state index >= 15 is 0 Å². The van der Waals surface area contributed by atoms with Crippen molar-refractivity contribution < 1.29 is 9.53 Å². The van der Waals surface area contributed by atoms with Crippen LogP contribution in [0.1, 0.15) is 16.6 Å². The summed E-state index contributed by atoms with van der Waals surface area (Å²) in [5, 5.41) is 0.925. The Labute approximate surface area is 133 Å². The lowest BCUT2D eigenvalue weighted by atomic mass is 10.2. The van der Waals surface area contributed by atoms with Crippen LogP contribution in [0.25, 0.3) is 10.1 Å². The molecule has 0 saturated carbocycles. The topological polar surface area (TPSA) is 39.2 Å². The number of nitrogens with zero attached hydrogens (tertiary/aromatic N) is 1. The van der Waals surface area contributed by atoms with Crippen LogP contribution in [-0.4, -0.2) is 10.8 Å². The molecule has 0 saturated heterocycles. The molecule has 0 unspecified atom stereocenters. The maximum absolute atomic E-state index is 11.5. The van der Waals surface area contributed by atoms with Gasteiger partial charge in [0.2, 0.25) is 0 Å². The number of thiophene rings is 1. The van der Waals surface area contributed by atoms with Gasteiger partial charge in [-0.3, -0.25) is 9.78 Å². The molecule has 3 rings (SSSR count). The lowest BCUT2D eigenvalue weighted by molar-refractivity contribution is 0.102. The first-order chi connectivity index (χ1) is 9.63. The van der Waals surface area contributed by atoms with Crippen molar-refractivity contribution in [3.8, 4) is 11.5 Å². The van der Waals surface area contributed by atoms with Gasteiger partial charge in [-0.05, 0) is 59.8 Å². The fraction of sp³-hybridized carbons (Fsp3) is 0.0667. The Morgan fingerprint density at radius 3 is 2.70 bits per heavy atom. The van der Waals surface area contributed by atoms with Crippen LogP contribution in [-0.2, 0) is 0 Å². The molecule has 2 heterocycles. The largest absolute Gasteiger partial charge is 0.455 e. The number of halogens is 1. The number of pyridine rings is 1. The van der Waals surface area contributed by atoms with Crippen molar-refractivity contribution in [2.24, 2.45) is 0 Å². The van der Waals surface area contributed by atoms with Gasteiger partial charge >= 0.3 is 0 Å². The van der Waals surface area contributed by atoms with E-state index in [0.717, 1.165) is 24.3 Å². The lowest BCUT2D eigenvalue weighted by Crippen LogP contribution is -1.86. The molecule has 5 heteroatoms. The summed E-state index contributed by atoms with van der Waals surface area (Å²) in [5.74, 6) is 1.49. The lowest BCUT2D eigenvalue weighted by Gasteiger charge is -2.06. The van der Waals surface area contributed by atoms with Crippen molar-refractivity contribution in [1.82, 2.24) is 4.98 Å². The van der Waals surface area contributed by atoms with Crippen LogP contribution in [0, 0.1) is 3.57 Å². The predicted octanol–water partition coefficient (Wildman–Crippen LogP) is 4.90. The number of carbonyl (C=O) groups is 1. The van der Waals surface area contributed by atoms with Gasteiger partial charge in [0.1, 0.15) is 5.75 Å². The second-order valence-corrected chi connectivity index (χ2v) is 6.60. The monoisotopic (exact) mass is 395 g/mol. The first-order valence-electron chi connectivity index (χ1n) is 5.95. The first-order valence-corrected chi connectivity index (χ1v) is 7.85. The summed E-state index contributed by atoms with van der Waals surface area (Å²) in [5.41, 5.74) is 0. The molecule has 100 valence electrons. The fourth-order valence-electron chi connectivity index (χ4n) is 1.82. The SMILES string of the molecule is CC(=O)c1cc2c(Oc3ccc(I)cc3)cncc2s1. The number of hydrogen-bond acceptors (Lipinski definition) is 4. The van der Waals surface area contributed by atoms with E-state index in [-0.39, 0.29) is 5.78 Å². The minimum Gasteiger partial charge on any atom is -0.455 e. The van der Waals surface area contributed by atoms with Gasteiger partial charge < -0.3 is 4.74 Å². The van der Waals surface area contributed by atoms with Crippen molar-refractivity contribution in [1.29, 1.82) is 0 Å². The zero-order valence-corrected chi connectivity index (χ0v) is 13.6. The van der Waals surface area contributed by atoms with Crippen LogP contribution in [0.4, 0.5) is 0 Å². The molecule has 0 aliphatic heterocycles. The van der Waals surface area contributed by atoms with E-state index in [0.29, 0.717) is 5.75 Å². The molecule has 1 aromatic carbocycles. The number of fused-ring (bicyclic) bond motifs is 1. The van der Waals surface area contributed by atoms with Crippen LogP contribution in [0.2, 0.25) is 0 Å². The third kappa shape index (κ3) is 2.69. The normalized spacial score (nSPS) is 10.7. The van der Waals surface area contributed by atoms with Crippen LogP contribution < -0.4 is 4.74 Å². The summed E-state index contributed by atoms with van der Waals surface area (Å²) in [6.07, 6.45) is 3.43. The third-order valence-corrected chi connectivity index (χ3v) is 4.69. The van der Waals surface area contributed by atoms with E-state index in [9.17, 15) is 4.79 Å². The predicted molar refractivity (Wildman–Crippen MR) is 88.9 cm³/mol. The summed E-state index contributed by atoms with van der Waals surface area (Å²) in [6, 6.07) is 9.67. The average molecular weight is 395 g/mol.